The number of esters is 1. The molecule has 0 aliphatic carbocycles. The van der Waals surface area contributed by atoms with Crippen LogP contribution in [0.4, 0.5) is 0 Å². The fraction of sp³-hybridized carbons (Fsp3) is 0.583. The Kier molecular flexibility index (Phi) is 4.17. The summed E-state index contributed by atoms with van der Waals surface area (Å²) in [6, 6.07) is 1.71. The molecular formula is C12H18N2O3. The van der Waals surface area contributed by atoms with Crippen LogP contribution in [0.2, 0.25) is 0 Å². The molecule has 0 bridgehead atoms. The molecule has 2 rings (SSSR count). The first-order chi connectivity index (χ1) is 8.29. The van der Waals surface area contributed by atoms with Crippen molar-refractivity contribution in [3.05, 3.63) is 23.7 Å². The molecular weight excluding hydrogens is 220 g/mol. The van der Waals surface area contributed by atoms with Crippen molar-refractivity contribution in [1.29, 1.82) is 0 Å². The Labute approximate surface area is 101 Å². The van der Waals surface area contributed by atoms with Crippen LogP contribution in [0.25, 0.3) is 0 Å². The summed E-state index contributed by atoms with van der Waals surface area (Å²) in [4.78, 5) is 11.2. The number of rotatable bonds is 4. The Morgan fingerprint density at radius 2 is 2.24 bits per heavy atom. The monoisotopic (exact) mass is 238 g/mol. The maximum absolute atomic E-state index is 11.2. The fourth-order valence-electron chi connectivity index (χ4n) is 1.94. The number of nitrogens with one attached hydrogen (secondary N) is 1. The van der Waals surface area contributed by atoms with Crippen molar-refractivity contribution in [1.82, 2.24) is 10.4 Å². The summed E-state index contributed by atoms with van der Waals surface area (Å²) in [5.41, 5.74) is 3.76. The molecule has 1 aromatic rings. The molecule has 0 amide bonds. The Balaban J connectivity index is 1.82. The number of piperidine rings is 1. The molecule has 0 saturated carbocycles. The van der Waals surface area contributed by atoms with Crippen LogP contribution in [0.5, 0.6) is 0 Å². The van der Waals surface area contributed by atoms with Crippen LogP contribution in [0.1, 0.15) is 35.4 Å². The lowest BCUT2D eigenvalue weighted by Gasteiger charge is -2.26. The molecule has 1 saturated heterocycles. The first kappa shape index (κ1) is 12.1. The lowest BCUT2D eigenvalue weighted by molar-refractivity contribution is 0.0600. The van der Waals surface area contributed by atoms with Gasteiger partial charge < -0.3 is 9.15 Å². The summed E-state index contributed by atoms with van der Waals surface area (Å²) < 4.78 is 9.90. The Morgan fingerprint density at radius 3 is 2.94 bits per heavy atom. The van der Waals surface area contributed by atoms with Crippen molar-refractivity contribution >= 4 is 5.97 Å². The van der Waals surface area contributed by atoms with E-state index in [1.54, 1.807) is 6.07 Å². The average molecular weight is 238 g/mol. The quantitative estimate of drug-likeness (QED) is 0.807. The van der Waals surface area contributed by atoms with Crippen LogP contribution in [0.3, 0.4) is 0 Å². The van der Waals surface area contributed by atoms with E-state index in [-0.39, 0.29) is 5.97 Å². The van der Waals surface area contributed by atoms with Crippen LogP contribution in [0.15, 0.2) is 16.7 Å². The number of hydrogen-bond acceptors (Lipinski definition) is 5. The molecule has 0 spiro atoms. The highest BCUT2D eigenvalue weighted by Gasteiger charge is 2.12. The number of furan rings is 1. The van der Waals surface area contributed by atoms with Crippen molar-refractivity contribution in [2.24, 2.45) is 0 Å². The summed E-state index contributed by atoms with van der Waals surface area (Å²) in [5, 5.41) is 2.20. The summed E-state index contributed by atoms with van der Waals surface area (Å²) in [6.45, 7) is 2.76. The number of carbonyl (C=O) groups excluding carboxylic acids is 1. The first-order valence-corrected chi connectivity index (χ1v) is 5.94. The molecule has 0 unspecified atom stereocenters. The minimum Gasteiger partial charge on any atom is -0.467 e. The van der Waals surface area contributed by atoms with Crippen LogP contribution in [-0.4, -0.2) is 31.2 Å². The standard InChI is InChI=1S/C12H18N2O3/c1-16-12(15)10-7-11(17-9-10)8-13-14-5-3-2-4-6-14/h7,9,13H,2-6,8H2,1H3. The Hall–Kier alpha value is -1.33. The third kappa shape index (κ3) is 3.31. The fourth-order valence-corrected chi connectivity index (χ4v) is 1.94. The molecule has 2 heterocycles. The second kappa shape index (κ2) is 5.84. The van der Waals surface area contributed by atoms with E-state index >= 15 is 0 Å². The summed E-state index contributed by atoms with van der Waals surface area (Å²) >= 11 is 0. The van der Waals surface area contributed by atoms with Crippen molar-refractivity contribution in [2.75, 3.05) is 20.2 Å². The minimum absolute atomic E-state index is 0.363. The highest BCUT2D eigenvalue weighted by Crippen LogP contribution is 2.10. The summed E-state index contributed by atoms with van der Waals surface area (Å²) in [5.74, 6) is 0.383. The maximum atomic E-state index is 11.2. The molecule has 1 aliphatic heterocycles. The van der Waals surface area contributed by atoms with Crippen LogP contribution in [0, 0.1) is 0 Å². The van der Waals surface area contributed by atoms with Gasteiger partial charge >= 0.3 is 5.97 Å². The molecule has 1 N–H and O–H groups in total. The van der Waals surface area contributed by atoms with Crippen LogP contribution >= 0.6 is 0 Å². The van der Waals surface area contributed by atoms with Gasteiger partial charge in [-0.3, -0.25) is 0 Å². The van der Waals surface area contributed by atoms with Crippen molar-refractivity contribution in [3.8, 4) is 0 Å². The lowest BCUT2D eigenvalue weighted by atomic mass is 10.2. The molecule has 5 heteroatoms. The predicted molar refractivity (Wildman–Crippen MR) is 62.3 cm³/mol. The van der Waals surface area contributed by atoms with Crippen molar-refractivity contribution < 1.29 is 13.9 Å². The summed E-state index contributed by atoms with van der Waals surface area (Å²) in [7, 11) is 1.36. The molecule has 94 valence electrons. The Morgan fingerprint density at radius 1 is 1.47 bits per heavy atom. The molecule has 1 aromatic heterocycles. The van der Waals surface area contributed by atoms with Crippen molar-refractivity contribution in [3.63, 3.8) is 0 Å². The van der Waals surface area contributed by atoms with E-state index in [9.17, 15) is 4.79 Å². The van der Waals surface area contributed by atoms with Crippen LogP contribution < -0.4 is 5.43 Å². The zero-order valence-electron chi connectivity index (χ0n) is 10.1. The first-order valence-electron chi connectivity index (χ1n) is 5.94. The third-order valence-corrected chi connectivity index (χ3v) is 2.91. The van der Waals surface area contributed by atoms with Gasteiger partial charge in [0.2, 0.25) is 0 Å². The molecule has 1 aliphatic rings. The second-order valence-electron chi connectivity index (χ2n) is 4.18. The molecule has 5 nitrogen and oxygen atoms in total. The smallest absolute Gasteiger partial charge is 0.341 e. The number of carbonyl (C=O) groups is 1. The molecule has 17 heavy (non-hydrogen) atoms. The molecule has 0 atom stereocenters. The minimum atomic E-state index is -0.363. The van der Waals surface area contributed by atoms with Gasteiger partial charge in [-0.25, -0.2) is 15.2 Å². The van der Waals surface area contributed by atoms with E-state index in [2.05, 4.69) is 15.2 Å². The molecule has 1 fully saturated rings. The number of hydrogen-bond donors (Lipinski definition) is 1. The van der Waals surface area contributed by atoms with Gasteiger partial charge in [-0.1, -0.05) is 6.42 Å². The van der Waals surface area contributed by atoms with Gasteiger partial charge in [-0.15, -0.1) is 0 Å². The molecule has 0 aromatic carbocycles. The van der Waals surface area contributed by atoms with E-state index in [1.807, 2.05) is 0 Å². The average Bonchev–Trinajstić information content (AvgIpc) is 2.85. The van der Waals surface area contributed by atoms with Gasteiger partial charge in [0.1, 0.15) is 12.0 Å². The normalized spacial score (nSPS) is 17.0. The number of hydrazine groups is 1. The highest BCUT2D eigenvalue weighted by atomic mass is 16.5. The van der Waals surface area contributed by atoms with E-state index in [1.165, 1.54) is 32.6 Å². The zero-order valence-corrected chi connectivity index (χ0v) is 10.1. The second-order valence-corrected chi connectivity index (χ2v) is 4.18. The van der Waals surface area contributed by atoms with E-state index in [0.29, 0.717) is 12.1 Å². The van der Waals surface area contributed by atoms with Crippen molar-refractivity contribution in [2.45, 2.75) is 25.8 Å². The number of ether oxygens (including phenoxy) is 1. The topological polar surface area (TPSA) is 54.7 Å². The highest BCUT2D eigenvalue weighted by molar-refractivity contribution is 5.88. The van der Waals surface area contributed by atoms with Gasteiger partial charge in [0.25, 0.3) is 0 Å². The largest absolute Gasteiger partial charge is 0.467 e. The SMILES string of the molecule is COC(=O)c1coc(CNN2CCCCC2)c1. The van der Waals surface area contributed by atoms with Gasteiger partial charge in [0, 0.05) is 13.1 Å². The zero-order chi connectivity index (χ0) is 12.1. The molecule has 0 radical (unpaired) electrons. The number of nitrogens with zero attached hydrogens (tertiary/aromatic N) is 1. The van der Waals surface area contributed by atoms with Gasteiger partial charge in [0.15, 0.2) is 0 Å². The van der Waals surface area contributed by atoms with E-state index in [0.717, 1.165) is 18.8 Å². The Bertz CT molecular complexity index is 370. The maximum Gasteiger partial charge on any atom is 0.341 e. The lowest BCUT2D eigenvalue weighted by Crippen LogP contribution is -2.41. The number of methoxy groups -OCH3 is 1. The van der Waals surface area contributed by atoms with Gasteiger partial charge in [-0.05, 0) is 18.9 Å². The van der Waals surface area contributed by atoms with Gasteiger partial charge in [-0.2, -0.15) is 0 Å². The summed E-state index contributed by atoms with van der Waals surface area (Å²) in [6.07, 6.45) is 5.21. The third-order valence-electron chi connectivity index (χ3n) is 2.91. The van der Waals surface area contributed by atoms with Crippen LogP contribution in [-0.2, 0) is 11.3 Å². The predicted octanol–water partition coefficient (Wildman–Crippen LogP) is 1.56. The van der Waals surface area contributed by atoms with E-state index in [4.69, 9.17) is 4.42 Å². The van der Waals surface area contributed by atoms with E-state index < -0.39 is 0 Å². The van der Waals surface area contributed by atoms with Gasteiger partial charge in [0.05, 0.1) is 19.2 Å².